The Morgan fingerprint density at radius 1 is 0.750 bits per heavy atom. The van der Waals surface area contributed by atoms with E-state index in [-0.39, 0.29) is 0 Å². The maximum absolute atomic E-state index is 5.82. The Labute approximate surface area is 72.5 Å². The predicted octanol–water partition coefficient (Wildman–Crippen LogP) is 1.23. The maximum Gasteiger partial charge on any atom is 0.249 e. The van der Waals surface area contributed by atoms with Crippen LogP contribution in [0.3, 0.4) is 0 Å². The Morgan fingerprint density at radius 3 is 1.00 bits per heavy atom. The number of hydrogen-bond acceptors (Lipinski definition) is 0. The van der Waals surface area contributed by atoms with E-state index in [4.69, 9.17) is 44.3 Å². The summed E-state index contributed by atoms with van der Waals surface area (Å²) in [6.07, 6.45) is 0. The minimum atomic E-state index is -2.02. The van der Waals surface area contributed by atoms with Crippen molar-refractivity contribution in [3.8, 4) is 0 Å². The molecule has 0 aliphatic carbocycles. The largest absolute Gasteiger partial charge is 0.249 e. The molecule has 8 heavy (non-hydrogen) atoms. The Morgan fingerprint density at radius 2 is 1.00 bits per heavy atom. The van der Waals surface area contributed by atoms with Gasteiger partial charge in [-0.1, -0.05) is 0 Å². The monoisotopic (exact) mass is 252 g/mol. The highest BCUT2D eigenvalue weighted by Gasteiger charge is 2.62. The van der Waals surface area contributed by atoms with Crippen molar-refractivity contribution in [3.63, 3.8) is 0 Å². The van der Waals surface area contributed by atoms with Crippen LogP contribution in [0.4, 0.5) is 0 Å². The Balaban J connectivity index is 2.63. The van der Waals surface area contributed by atoms with Crippen molar-refractivity contribution in [2.75, 3.05) is 0 Å². The molecule has 1 fully saturated rings. The molecular weight excluding hydrogens is 254 g/mol. The van der Waals surface area contributed by atoms with Gasteiger partial charge in [0, 0.05) is 0 Å². The summed E-state index contributed by atoms with van der Waals surface area (Å²) in [7, 11) is 1.39. The van der Waals surface area contributed by atoms with Gasteiger partial charge in [-0.05, 0) is 0 Å². The van der Waals surface area contributed by atoms with E-state index in [0.717, 1.165) is 0 Å². The van der Waals surface area contributed by atoms with E-state index < -0.39 is 11.5 Å². The van der Waals surface area contributed by atoms with Gasteiger partial charge in [-0.25, -0.2) is 0 Å². The van der Waals surface area contributed by atoms with Crippen molar-refractivity contribution in [2.45, 2.75) is 0 Å². The highest BCUT2D eigenvalue weighted by atomic mass is 35.8. The van der Waals surface area contributed by atoms with Crippen molar-refractivity contribution in [1.82, 2.24) is 0 Å². The van der Waals surface area contributed by atoms with Gasteiger partial charge >= 0.3 is 0 Å². The van der Waals surface area contributed by atoms with Crippen LogP contribution in [0.5, 0.6) is 0 Å². The molecule has 1 heterocycles. The van der Waals surface area contributed by atoms with Crippen LogP contribution < -0.4 is 0 Å². The SMILES string of the molecule is Cl[Si]1(Cl)[Si][Si][Si]1(Cl)Cl. The summed E-state index contributed by atoms with van der Waals surface area (Å²) in [6, 6.07) is 0. The zero-order valence-electron chi connectivity index (χ0n) is 3.51. The van der Waals surface area contributed by atoms with E-state index in [2.05, 4.69) is 0 Å². The third-order valence-corrected chi connectivity index (χ3v) is 62.4. The van der Waals surface area contributed by atoms with Crippen LogP contribution in [-0.2, 0) is 0 Å². The Hall–Kier alpha value is 2.03. The molecule has 0 spiro atoms. The Kier molecular flexibility index (Phi) is 2.30. The second-order valence-electron chi connectivity index (χ2n) is 1.40. The molecule has 1 saturated heterocycles. The lowest BCUT2D eigenvalue weighted by molar-refractivity contribution is 3.29. The molecule has 0 aromatic heterocycles. The lowest BCUT2D eigenvalue weighted by Crippen LogP contribution is -2.72. The van der Waals surface area contributed by atoms with Crippen LogP contribution in [-0.4, -0.2) is 28.6 Å². The van der Waals surface area contributed by atoms with Gasteiger partial charge < -0.3 is 0 Å². The van der Waals surface area contributed by atoms with E-state index >= 15 is 0 Å². The van der Waals surface area contributed by atoms with E-state index in [1.165, 1.54) is 0 Å². The van der Waals surface area contributed by atoms with Gasteiger partial charge in [0.15, 0.2) is 0 Å². The molecule has 1 aliphatic heterocycles. The first-order valence-electron chi connectivity index (χ1n) is 1.76. The average Bonchev–Trinajstić information content (AvgIpc) is 1.64. The molecule has 0 unspecified atom stereocenters. The summed E-state index contributed by atoms with van der Waals surface area (Å²) in [6.45, 7) is 0. The molecule has 0 N–H and O–H groups in total. The van der Waals surface area contributed by atoms with Gasteiger partial charge in [-0.15, -0.1) is 0 Å². The van der Waals surface area contributed by atoms with Crippen molar-refractivity contribution < 1.29 is 0 Å². The van der Waals surface area contributed by atoms with Crippen LogP contribution >= 0.6 is 44.3 Å². The van der Waals surface area contributed by atoms with Crippen LogP contribution in [0, 0.1) is 0 Å². The second kappa shape index (κ2) is 2.26. The van der Waals surface area contributed by atoms with Crippen LogP contribution in [0.25, 0.3) is 0 Å². The molecule has 1 rings (SSSR count). The highest BCUT2D eigenvalue weighted by Crippen LogP contribution is 2.38. The minimum absolute atomic E-state index is 0.694. The molecule has 0 bridgehead atoms. The zero-order chi connectivity index (χ0) is 6.41. The summed E-state index contributed by atoms with van der Waals surface area (Å²) in [5.41, 5.74) is -4.05. The third kappa shape index (κ3) is 1.22. The fourth-order valence-corrected chi connectivity index (χ4v) is 51.0. The highest BCUT2D eigenvalue weighted by molar-refractivity contribution is 8.26. The van der Waals surface area contributed by atoms with E-state index in [9.17, 15) is 0 Å². The van der Waals surface area contributed by atoms with Gasteiger partial charge in [0.05, 0.1) is 17.1 Å². The molecule has 0 aromatic rings. The maximum atomic E-state index is 5.82. The van der Waals surface area contributed by atoms with Crippen LogP contribution in [0.1, 0.15) is 0 Å². The summed E-state index contributed by atoms with van der Waals surface area (Å²) in [5, 5.41) is 0. The smallest absolute Gasteiger partial charge is 0.152 e. The number of hydrogen-bond donors (Lipinski definition) is 0. The second-order valence-corrected chi connectivity index (χ2v) is 37.8. The minimum Gasteiger partial charge on any atom is -0.152 e. The van der Waals surface area contributed by atoms with E-state index in [1.807, 2.05) is 0 Å². The Bertz CT molecular complexity index is 92.6. The number of halogens is 4. The molecular formula is Cl4Si4. The van der Waals surface area contributed by atoms with Gasteiger partial charge in [-0.2, -0.15) is 44.3 Å². The van der Waals surface area contributed by atoms with Crippen molar-refractivity contribution >= 4 is 72.9 Å². The van der Waals surface area contributed by atoms with Crippen LogP contribution in [0.2, 0.25) is 0 Å². The van der Waals surface area contributed by atoms with E-state index in [0.29, 0.717) is 17.1 Å². The van der Waals surface area contributed by atoms with Gasteiger partial charge in [-0.3, -0.25) is 0 Å². The molecule has 1 aliphatic rings. The first kappa shape index (κ1) is 8.13. The normalized spacial score (nSPS) is 31.5. The van der Waals surface area contributed by atoms with Crippen LogP contribution in [0.15, 0.2) is 0 Å². The summed E-state index contributed by atoms with van der Waals surface area (Å²) >= 11 is 23.3. The first-order valence-corrected chi connectivity index (χ1v) is 15.8. The first-order chi connectivity index (χ1) is 3.46. The summed E-state index contributed by atoms with van der Waals surface area (Å²) < 4.78 is 0. The molecule has 0 nitrogen and oxygen atoms in total. The fraction of sp³-hybridized carbons (Fsp3) is 0. The molecule has 0 saturated carbocycles. The molecule has 0 aromatic carbocycles. The van der Waals surface area contributed by atoms with Gasteiger partial charge in [0.25, 0.3) is 0 Å². The van der Waals surface area contributed by atoms with Crippen molar-refractivity contribution in [1.29, 1.82) is 0 Å². The lowest BCUT2D eigenvalue weighted by atomic mass is 26.0. The molecule has 0 atom stereocenters. The fourth-order valence-electron chi connectivity index (χ4n) is 0.251. The molecule has 44 valence electrons. The summed E-state index contributed by atoms with van der Waals surface area (Å²) in [5.74, 6) is 0. The van der Waals surface area contributed by atoms with Crippen molar-refractivity contribution in [2.24, 2.45) is 0 Å². The topological polar surface area (TPSA) is 0 Å². The standard InChI is InChI=1S/Cl4Si4/c1-7(2)5-6-8(7,3)4. The zero-order valence-corrected chi connectivity index (χ0v) is 10.5. The number of rotatable bonds is 0. The molecule has 0 amide bonds. The third-order valence-electron chi connectivity index (χ3n) is 0.771. The molecule has 4 radical (unpaired) electrons. The van der Waals surface area contributed by atoms with Gasteiger partial charge in [0.1, 0.15) is 0 Å². The summed E-state index contributed by atoms with van der Waals surface area (Å²) in [4.78, 5) is 0. The lowest BCUT2D eigenvalue weighted by Gasteiger charge is -2.36. The quantitative estimate of drug-likeness (QED) is 0.450. The van der Waals surface area contributed by atoms with Gasteiger partial charge in [0.2, 0.25) is 11.5 Å². The van der Waals surface area contributed by atoms with E-state index in [1.54, 1.807) is 0 Å². The average molecular weight is 254 g/mol. The predicted molar refractivity (Wildman–Crippen MR) is 46.4 cm³/mol. The molecule has 8 heteroatoms. The van der Waals surface area contributed by atoms with Crippen molar-refractivity contribution in [3.05, 3.63) is 0 Å².